The molecule has 0 aliphatic carbocycles. The fraction of sp³-hybridized carbons (Fsp3) is 0.455. The fourth-order valence-electron chi connectivity index (χ4n) is 1.18. The molecule has 1 aromatic heterocycles. The minimum absolute atomic E-state index is 0.778. The zero-order chi connectivity index (χ0) is 11.3. The molecule has 0 unspecified atom stereocenters. The second-order valence-corrected chi connectivity index (χ2v) is 3.92. The van der Waals surface area contributed by atoms with Gasteiger partial charge in [-0.2, -0.15) is 0 Å². The zero-order valence-corrected chi connectivity index (χ0v) is 10.8. The molecule has 0 aliphatic heterocycles. The molecule has 1 rings (SSSR count). The number of rotatable bonds is 3. The highest BCUT2D eigenvalue weighted by atomic mass is 79.9. The minimum Gasteiger partial charge on any atom is -0.368 e. The van der Waals surface area contributed by atoms with Gasteiger partial charge in [0.1, 0.15) is 11.6 Å². The predicted molar refractivity (Wildman–Crippen MR) is 65.8 cm³/mol. The first-order valence-electron chi connectivity index (χ1n) is 4.79. The van der Waals surface area contributed by atoms with Crippen molar-refractivity contribution in [3.63, 3.8) is 0 Å². The SMILES string of the molecule is CC#CCCNc1nc(C)nc(C)c1Br. The monoisotopic (exact) mass is 267 g/mol. The molecular weight excluding hydrogens is 254 g/mol. The van der Waals surface area contributed by atoms with E-state index in [4.69, 9.17) is 0 Å². The highest BCUT2D eigenvalue weighted by molar-refractivity contribution is 9.10. The summed E-state index contributed by atoms with van der Waals surface area (Å²) in [6, 6.07) is 0. The largest absolute Gasteiger partial charge is 0.368 e. The van der Waals surface area contributed by atoms with Crippen molar-refractivity contribution in [2.24, 2.45) is 0 Å². The molecule has 15 heavy (non-hydrogen) atoms. The number of nitrogens with zero attached hydrogens (tertiary/aromatic N) is 2. The molecule has 4 heteroatoms. The number of aryl methyl sites for hydroxylation is 2. The van der Waals surface area contributed by atoms with Crippen LogP contribution in [0.3, 0.4) is 0 Å². The van der Waals surface area contributed by atoms with Crippen LogP contribution in [-0.2, 0) is 0 Å². The molecule has 1 heterocycles. The maximum Gasteiger partial charge on any atom is 0.144 e. The Morgan fingerprint density at radius 1 is 1.33 bits per heavy atom. The van der Waals surface area contributed by atoms with Crippen LogP contribution in [0.25, 0.3) is 0 Å². The molecule has 0 radical (unpaired) electrons. The van der Waals surface area contributed by atoms with Crippen molar-refractivity contribution in [1.82, 2.24) is 9.97 Å². The molecule has 1 N–H and O–H groups in total. The second-order valence-electron chi connectivity index (χ2n) is 3.12. The highest BCUT2D eigenvalue weighted by Gasteiger charge is 2.05. The number of hydrogen-bond acceptors (Lipinski definition) is 3. The lowest BCUT2D eigenvalue weighted by molar-refractivity contribution is 0.976. The lowest BCUT2D eigenvalue weighted by atomic mass is 10.4. The summed E-state index contributed by atoms with van der Waals surface area (Å²) < 4.78 is 0.928. The van der Waals surface area contributed by atoms with Crippen molar-refractivity contribution >= 4 is 21.7 Å². The molecular formula is C11H14BrN3. The standard InChI is InChI=1S/C11H14BrN3/c1-4-5-6-7-13-11-10(12)8(2)14-9(3)15-11/h6-7H2,1-3H3,(H,13,14,15). The van der Waals surface area contributed by atoms with Crippen LogP contribution < -0.4 is 5.32 Å². The lowest BCUT2D eigenvalue weighted by Crippen LogP contribution is -2.06. The van der Waals surface area contributed by atoms with E-state index in [0.717, 1.165) is 34.8 Å². The molecule has 3 nitrogen and oxygen atoms in total. The number of halogens is 1. The van der Waals surface area contributed by atoms with E-state index < -0.39 is 0 Å². The Morgan fingerprint density at radius 3 is 2.73 bits per heavy atom. The van der Waals surface area contributed by atoms with Crippen molar-refractivity contribution in [2.75, 3.05) is 11.9 Å². The Labute approximate surface area is 98.8 Å². The van der Waals surface area contributed by atoms with Gasteiger partial charge in [0.15, 0.2) is 0 Å². The smallest absolute Gasteiger partial charge is 0.144 e. The van der Waals surface area contributed by atoms with Gasteiger partial charge in [0, 0.05) is 13.0 Å². The Kier molecular flexibility index (Phi) is 4.57. The fourth-order valence-corrected chi connectivity index (χ4v) is 1.50. The van der Waals surface area contributed by atoms with Gasteiger partial charge in [-0.15, -0.1) is 11.8 Å². The summed E-state index contributed by atoms with van der Waals surface area (Å²) in [4.78, 5) is 8.57. The van der Waals surface area contributed by atoms with Gasteiger partial charge in [-0.3, -0.25) is 0 Å². The normalized spacial score (nSPS) is 9.33. The van der Waals surface area contributed by atoms with Gasteiger partial charge < -0.3 is 5.32 Å². The molecule has 0 saturated heterocycles. The molecule has 0 fully saturated rings. The Hall–Kier alpha value is -1.08. The van der Waals surface area contributed by atoms with Crippen LogP contribution in [0.4, 0.5) is 5.82 Å². The zero-order valence-electron chi connectivity index (χ0n) is 9.19. The van der Waals surface area contributed by atoms with E-state index in [-0.39, 0.29) is 0 Å². The molecule has 0 atom stereocenters. The quantitative estimate of drug-likeness (QED) is 0.676. The van der Waals surface area contributed by atoms with Crippen molar-refractivity contribution in [2.45, 2.75) is 27.2 Å². The summed E-state index contributed by atoms with van der Waals surface area (Å²) in [5.74, 6) is 7.48. The predicted octanol–water partition coefficient (Wildman–Crippen LogP) is 2.68. The van der Waals surface area contributed by atoms with Gasteiger partial charge in [0.2, 0.25) is 0 Å². The molecule has 1 aromatic rings. The van der Waals surface area contributed by atoms with Crippen LogP contribution in [-0.4, -0.2) is 16.5 Å². The highest BCUT2D eigenvalue weighted by Crippen LogP contribution is 2.22. The first-order valence-corrected chi connectivity index (χ1v) is 5.58. The van der Waals surface area contributed by atoms with Gasteiger partial charge in [-0.05, 0) is 36.7 Å². The van der Waals surface area contributed by atoms with E-state index >= 15 is 0 Å². The summed E-state index contributed by atoms with van der Waals surface area (Å²) in [5, 5.41) is 3.23. The third kappa shape index (κ3) is 3.52. The topological polar surface area (TPSA) is 37.8 Å². The average molecular weight is 268 g/mol. The summed E-state index contributed by atoms with van der Waals surface area (Å²) in [6.45, 7) is 6.48. The molecule has 0 aromatic carbocycles. The van der Waals surface area contributed by atoms with E-state index in [1.165, 1.54) is 0 Å². The van der Waals surface area contributed by atoms with Gasteiger partial charge >= 0.3 is 0 Å². The molecule has 0 bridgehead atoms. The van der Waals surface area contributed by atoms with Crippen molar-refractivity contribution in [1.29, 1.82) is 0 Å². The van der Waals surface area contributed by atoms with E-state index in [9.17, 15) is 0 Å². The molecule has 0 amide bonds. The maximum absolute atomic E-state index is 4.31. The summed E-state index contributed by atoms with van der Waals surface area (Å²) in [7, 11) is 0. The molecule has 0 spiro atoms. The van der Waals surface area contributed by atoms with Crippen molar-refractivity contribution in [3.8, 4) is 11.8 Å². The third-order valence-electron chi connectivity index (χ3n) is 1.85. The summed E-state index contributed by atoms with van der Waals surface area (Å²) in [5.41, 5.74) is 0.951. The number of anilines is 1. The third-order valence-corrected chi connectivity index (χ3v) is 2.80. The molecule has 0 aliphatic rings. The number of nitrogens with one attached hydrogen (secondary N) is 1. The Morgan fingerprint density at radius 2 is 2.07 bits per heavy atom. The summed E-state index contributed by atoms with van der Waals surface area (Å²) in [6.07, 6.45) is 0.824. The van der Waals surface area contributed by atoms with Crippen LogP contribution in [0, 0.1) is 25.7 Å². The first-order chi connectivity index (χ1) is 7.15. The lowest BCUT2D eigenvalue weighted by Gasteiger charge is -2.08. The van der Waals surface area contributed by atoms with E-state index in [1.54, 1.807) is 0 Å². The Bertz CT molecular complexity index is 404. The van der Waals surface area contributed by atoms with Gasteiger partial charge in [-0.25, -0.2) is 9.97 Å². The second kappa shape index (κ2) is 5.72. The van der Waals surface area contributed by atoms with Crippen LogP contribution in [0.1, 0.15) is 24.9 Å². The van der Waals surface area contributed by atoms with E-state index in [0.29, 0.717) is 0 Å². The number of aromatic nitrogens is 2. The Balaban J connectivity index is 2.70. The van der Waals surface area contributed by atoms with Crippen molar-refractivity contribution < 1.29 is 0 Å². The van der Waals surface area contributed by atoms with E-state index in [1.807, 2.05) is 20.8 Å². The van der Waals surface area contributed by atoms with Crippen LogP contribution in [0.2, 0.25) is 0 Å². The van der Waals surface area contributed by atoms with Gasteiger partial charge in [0.25, 0.3) is 0 Å². The first kappa shape index (κ1) is 12.0. The molecule has 80 valence electrons. The van der Waals surface area contributed by atoms with Crippen LogP contribution in [0.15, 0.2) is 4.47 Å². The maximum atomic E-state index is 4.31. The van der Waals surface area contributed by atoms with Crippen molar-refractivity contribution in [3.05, 3.63) is 16.0 Å². The van der Waals surface area contributed by atoms with Crippen LogP contribution in [0.5, 0.6) is 0 Å². The number of hydrogen-bond donors (Lipinski definition) is 1. The van der Waals surface area contributed by atoms with Gasteiger partial charge in [-0.1, -0.05) is 0 Å². The van der Waals surface area contributed by atoms with E-state index in [2.05, 4.69) is 43.1 Å². The minimum atomic E-state index is 0.778. The van der Waals surface area contributed by atoms with Crippen LogP contribution >= 0.6 is 15.9 Å². The average Bonchev–Trinajstić information content (AvgIpc) is 2.19. The van der Waals surface area contributed by atoms with Gasteiger partial charge in [0.05, 0.1) is 10.2 Å². The molecule has 0 saturated carbocycles. The summed E-state index contributed by atoms with van der Waals surface area (Å²) >= 11 is 3.46.